The highest BCUT2D eigenvalue weighted by Gasteiger charge is 2.13. The van der Waals surface area contributed by atoms with E-state index in [0.29, 0.717) is 11.4 Å². The summed E-state index contributed by atoms with van der Waals surface area (Å²) in [6.07, 6.45) is 1.55. The van der Waals surface area contributed by atoms with Crippen molar-refractivity contribution in [1.82, 2.24) is 10.3 Å². The lowest BCUT2D eigenvalue weighted by Crippen LogP contribution is -2.26. The zero-order chi connectivity index (χ0) is 13.8. The van der Waals surface area contributed by atoms with Crippen LogP contribution in [-0.4, -0.2) is 10.9 Å². The average molecular weight is 276 g/mol. The third-order valence-corrected chi connectivity index (χ3v) is 3.89. The van der Waals surface area contributed by atoms with Crippen LogP contribution in [0, 0.1) is 6.92 Å². The maximum Gasteiger partial charge on any atom is 0.251 e. The van der Waals surface area contributed by atoms with Crippen molar-refractivity contribution in [3.63, 3.8) is 0 Å². The Morgan fingerprint density at radius 1 is 1.42 bits per heavy atom. The number of hydrogen-bond acceptors (Lipinski definition) is 5. The number of hydrazine groups is 1. The number of aryl methyl sites for hydroxylation is 1. The Balaban J connectivity index is 2.08. The number of nitrogens with two attached hydrogens (primary N) is 1. The number of carbonyl (C=O) groups excluding carboxylic acids is 1. The van der Waals surface area contributed by atoms with Crippen LogP contribution in [0.3, 0.4) is 0 Å². The minimum absolute atomic E-state index is 0.0198. The summed E-state index contributed by atoms with van der Waals surface area (Å²) in [5, 5.41) is 2.95. The van der Waals surface area contributed by atoms with Gasteiger partial charge in [0.05, 0.1) is 6.04 Å². The molecule has 2 heterocycles. The van der Waals surface area contributed by atoms with Crippen molar-refractivity contribution in [2.45, 2.75) is 19.9 Å². The summed E-state index contributed by atoms with van der Waals surface area (Å²) >= 11 is 1.68. The molecule has 0 saturated heterocycles. The molecule has 0 aromatic carbocycles. The first-order valence-corrected chi connectivity index (χ1v) is 6.71. The minimum Gasteiger partial charge on any atom is -0.345 e. The van der Waals surface area contributed by atoms with E-state index < -0.39 is 0 Å². The number of hydrogen-bond donors (Lipinski definition) is 3. The predicted octanol–water partition coefficient (Wildman–Crippen LogP) is 2.23. The normalized spacial score (nSPS) is 11.9. The molecule has 0 aliphatic heterocycles. The van der Waals surface area contributed by atoms with Crippen LogP contribution in [0.25, 0.3) is 0 Å². The van der Waals surface area contributed by atoms with Gasteiger partial charge in [0.2, 0.25) is 0 Å². The molecule has 4 N–H and O–H groups in total. The van der Waals surface area contributed by atoms with Crippen LogP contribution >= 0.6 is 11.3 Å². The number of nitrogens with one attached hydrogen (secondary N) is 2. The fourth-order valence-electron chi connectivity index (χ4n) is 1.69. The van der Waals surface area contributed by atoms with Crippen molar-refractivity contribution in [3.05, 3.63) is 45.8 Å². The van der Waals surface area contributed by atoms with Crippen molar-refractivity contribution < 1.29 is 4.79 Å². The molecule has 0 aliphatic carbocycles. The number of rotatable bonds is 4. The Bertz CT molecular complexity index is 582. The Morgan fingerprint density at radius 3 is 2.84 bits per heavy atom. The Hall–Kier alpha value is -1.92. The monoisotopic (exact) mass is 276 g/mol. The highest BCUT2D eigenvalue weighted by molar-refractivity contribution is 7.12. The van der Waals surface area contributed by atoms with Crippen LogP contribution in [0.4, 0.5) is 5.82 Å². The van der Waals surface area contributed by atoms with Crippen molar-refractivity contribution >= 4 is 23.1 Å². The summed E-state index contributed by atoms with van der Waals surface area (Å²) in [6.45, 7) is 4.01. The van der Waals surface area contributed by atoms with E-state index in [2.05, 4.69) is 15.7 Å². The summed E-state index contributed by atoms with van der Waals surface area (Å²) in [5.74, 6) is 5.60. The summed E-state index contributed by atoms with van der Waals surface area (Å²) in [7, 11) is 0. The van der Waals surface area contributed by atoms with Crippen LogP contribution in [0.1, 0.15) is 33.1 Å². The molecule has 1 amide bonds. The maximum atomic E-state index is 12.1. The van der Waals surface area contributed by atoms with Gasteiger partial charge in [0.25, 0.3) is 5.91 Å². The standard InChI is InChI=1S/C13H16N4OS/c1-8-3-4-11(19-8)9(2)16-13(18)10-5-6-15-12(7-10)17-14/h3-7,9H,14H2,1-2H3,(H,15,17)(H,16,18). The fourth-order valence-corrected chi connectivity index (χ4v) is 2.57. The first-order valence-electron chi connectivity index (χ1n) is 5.90. The predicted molar refractivity (Wildman–Crippen MR) is 77.0 cm³/mol. The number of anilines is 1. The highest BCUT2D eigenvalue weighted by Crippen LogP contribution is 2.22. The van der Waals surface area contributed by atoms with Crippen molar-refractivity contribution in [2.75, 3.05) is 5.43 Å². The maximum absolute atomic E-state index is 12.1. The van der Waals surface area contributed by atoms with Gasteiger partial charge in [0, 0.05) is 21.5 Å². The number of amides is 1. The van der Waals surface area contributed by atoms with E-state index in [1.54, 1.807) is 29.7 Å². The Morgan fingerprint density at radius 2 is 2.21 bits per heavy atom. The molecule has 0 saturated carbocycles. The number of carbonyl (C=O) groups is 1. The molecule has 2 rings (SSSR count). The summed E-state index contributed by atoms with van der Waals surface area (Å²) in [5.41, 5.74) is 2.95. The molecule has 100 valence electrons. The number of nitrogen functional groups attached to an aromatic ring is 1. The first-order chi connectivity index (χ1) is 9.10. The smallest absolute Gasteiger partial charge is 0.251 e. The number of pyridine rings is 1. The van der Waals surface area contributed by atoms with E-state index in [0.717, 1.165) is 4.88 Å². The third-order valence-electron chi connectivity index (χ3n) is 2.71. The second-order valence-electron chi connectivity index (χ2n) is 4.22. The molecular formula is C13H16N4OS. The van der Waals surface area contributed by atoms with E-state index in [4.69, 9.17) is 5.84 Å². The molecule has 0 aliphatic rings. The quantitative estimate of drug-likeness (QED) is 0.591. The largest absolute Gasteiger partial charge is 0.345 e. The summed E-state index contributed by atoms with van der Waals surface area (Å²) in [6, 6.07) is 7.33. The summed E-state index contributed by atoms with van der Waals surface area (Å²) in [4.78, 5) is 18.4. The van der Waals surface area contributed by atoms with Gasteiger partial charge in [-0.2, -0.15) is 0 Å². The van der Waals surface area contributed by atoms with Gasteiger partial charge in [-0.3, -0.25) is 4.79 Å². The minimum atomic E-state index is -0.141. The van der Waals surface area contributed by atoms with E-state index >= 15 is 0 Å². The van der Waals surface area contributed by atoms with Crippen LogP contribution in [0.2, 0.25) is 0 Å². The molecule has 0 radical (unpaired) electrons. The van der Waals surface area contributed by atoms with Gasteiger partial charge in [0.1, 0.15) is 5.82 Å². The topological polar surface area (TPSA) is 80.0 Å². The van der Waals surface area contributed by atoms with E-state index in [-0.39, 0.29) is 11.9 Å². The molecule has 2 aromatic heterocycles. The van der Waals surface area contributed by atoms with Crippen molar-refractivity contribution in [3.8, 4) is 0 Å². The molecule has 5 nitrogen and oxygen atoms in total. The lowest BCUT2D eigenvalue weighted by Gasteiger charge is -2.12. The number of nitrogens with zero attached hydrogens (tertiary/aromatic N) is 1. The van der Waals surface area contributed by atoms with Gasteiger partial charge in [-0.25, -0.2) is 10.8 Å². The van der Waals surface area contributed by atoms with Crippen LogP contribution in [-0.2, 0) is 0 Å². The zero-order valence-electron chi connectivity index (χ0n) is 10.8. The highest BCUT2D eigenvalue weighted by atomic mass is 32.1. The van der Waals surface area contributed by atoms with E-state index in [1.807, 2.05) is 26.0 Å². The van der Waals surface area contributed by atoms with Gasteiger partial charge < -0.3 is 10.7 Å². The van der Waals surface area contributed by atoms with Gasteiger partial charge in [-0.1, -0.05) is 0 Å². The zero-order valence-corrected chi connectivity index (χ0v) is 11.6. The van der Waals surface area contributed by atoms with Crippen LogP contribution in [0.15, 0.2) is 30.5 Å². The van der Waals surface area contributed by atoms with Crippen LogP contribution < -0.4 is 16.6 Å². The van der Waals surface area contributed by atoms with Crippen molar-refractivity contribution in [2.24, 2.45) is 5.84 Å². The van der Waals surface area contributed by atoms with Gasteiger partial charge in [-0.15, -0.1) is 11.3 Å². The summed E-state index contributed by atoms with van der Waals surface area (Å²) < 4.78 is 0. The van der Waals surface area contributed by atoms with Crippen LogP contribution in [0.5, 0.6) is 0 Å². The first kappa shape index (κ1) is 13.5. The molecule has 0 spiro atoms. The van der Waals surface area contributed by atoms with Gasteiger partial charge in [-0.05, 0) is 38.1 Å². The SMILES string of the molecule is Cc1ccc(C(C)NC(=O)c2ccnc(NN)c2)s1. The molecule has 1 unspecified atom stereocenters. The number of thiophene rings is 1. The fraction of sp³-hybridized carbons (Fsp3) is 0.231. The van der Waals surface area contributed by atoms with Crippen molar-refractivity contribution in [1.29, 1.82) is 0 Å². The van der Waals surface area contributed by atoms with Gasteiger partial charge >= 0.3 is 0 Å². The second-order valence-corrected chi connectivity index (χ2v) is 5.54. The molecule has 19 heavy (non-hydrogen) atoms. The second kappa shape index (κ2) is 5.81. The lowest BCUT2D eigenvalue weighted by atomic mass is 10.2. The Kier molecular flexibility index (Phi) is 4.13. The molecule has 6 heteroatoms. The number of aromatic nitrogens is 1. The molecule has 0 fully saturated rings. The average Bonchev–Trinajstić information content (AvgIpc) is 2.85. The molecule has 2 aromatic rings. The van der Waals surface area contributed by atoms with E-state index in [9.17, 15) is 4.79 Å². The molecule has 0 bridgehead atoms. The lowest BCUT2D eigenvalue weighted by molar-refractivity contribution is 0.0940. The molecular weight excluding hydrogens is 260 g/mol. The van der Waals surface area contributed by atoms with E-state index in [1.165, 1.54) is 4.88 Å². The Labute approximate surface area is 115 Å². The third kappa shape index (κ3) is 3.30. The van der Waals surface area contributed by atoms with Gasteiger partial charge in [0.15, 0.2) is 0 Å². The molecule has 1 atom stereocenters.